The van der Waals surface area contributed by atoms with E-state index in [9.17, 15) is 4.79 Å². The Morgan fingerprint density at radius 3 is 3.00 bits per heavy atom. The van der Waals surface area contributed by atoms with Crippen molar-refractivity contribution in [3.05, 3.63) is 34.2 Å². The lowest BCUT2D eigenvalue weighted by molar-refractivity contribution is 0.0607. The molecule has 2 aromatic rings. The van der Waals surface area contributed by atoms with Crippen molar-refractivity contribution in [2.24, 2.45) is 5.73 Å². The van der Waals surface area contributed by atoms with Gasteiger partial charge in [0.2, 0.25) is 0 Å². The summed E-state index contributed by atoms with van der Waals surface area (Å²) in [6.07, 6.45) is 0.692. The Kier molecular flexibility index (Phi) is 3.61. The van der Waals surface area contributed by atoms with E-state index in [-0.39, 0.29) is 5.97 Å². The lowest BCUT2D eigenvalue weighted by Gasteiger charge is -1.99. The first-order chi connectivity index (χ1) is 8.26. The van der Waals surface area contributed by atoms with Gasteiger partial charge in [-0.25, -0.2) is 4.79 Å². The number of thiophene rings is 1. The fraction of sp³-hybridized carbons (Fsp3) is 0.250. The van der Waals surface area contributed by atoms with Crippen molar-refractivity contribution in [1.82, 2.24) is 0 Å². The minimum atomic E-state index is -0.341. The minimum absolute atomic E-state index is 0.341. The molecule has 2 aromatic heterocycles. The number of furan rings is 1. The van der Waals surface area contributed by atoms with Crippen LogP contribution in [0, 0.1) is 0 Å². The standard InChI is InChI=1S/C12H13NO3S/c1-15-12(14)11-9(5-7-17-11)10-3-2-8(16-10)4-6-13/h2-3,5,7H,4,6,13H2,1H3. The van der Waals surface area contributed by atoms with Crippen LogP contribution in [-0.2, 0) is 11.2 Å². The molecule has 0 unspecified atom stereocenters. The SMILES string of the molecule is COC(=O)c1sccc1-c1ccc(CCN)o1. The van der Waals surface area contributed by atoms with E-state index < -0.39 is 0 Å². The molecule has 0 atom stereocenters. The van der Waals surface area contributed by atoms with Crippen LogP contribution < -0.4 is 5.73 Å². The third-order valence-electron chi connectivity index (χ3n) is 2.35. The second kappa shape index (κ2) is 5.16. The number of rotatable bonds is 4. The number of nitrogens with two attached hydrogens (primary N) is 1. The van der Waals surface area contributed by atoms with Crippen LogP contribution in [0.5, 0.6) is 0 Å². The molecule has 17 heavy (non-hydrogen) atoms. The first-order valence-electron chi connectivity index (χ1n) is 5.21. The van der Waals surface area contributed by atoms with Crippen LogP contribution in [0.3, 0.4) is 0 Å². The van der Waals surface area contributed by atoms with E-state index in [4.69, 9.17) is 14.9 Å². The zero-order valence-corrected chi connectivity index (χ0v) is 10.3. The number of hydrogen-bond acceptors (Lipinski definition) is 5. The van der Waals surface area contributed by atoms with Crippen LogP contribution in [0.1, 0.15) is 15.4 Å². The van der Waals surface area contributed by atoms with Crippen LogP contribution >= 0.6 is 11.3 Å². The van der Waals surface area contributed by atoms with E-state index in [1.165, 1.54) is 18.4 Å². The predicted molar refractivity (Wildman–Crippen MR) is 66.1 cm³/mol. The number of carbonyl (C=O) groups excluding carboxylic acids is 1. The fourth-order valence-corrected chi connectivity index (χ4v) is 2.37. The monoisotopic (exact) mass is 251 g/mol. The smallest absolute Gasteiger partial charge is 0.348 e. The molecule has 0 fully saturated rings. The fourth-order valence-electron chi connectivity index (χ4n) is 1.55. The quantitative estimate of drug-likeness (QED) is 0.847. The Morgan fingerprint density at radius 1 is 1.47 bits per heavy atom. The molecule has 0 aliphatic heterocycles. The van der Waals surface area contributed by atoms with E-state index in [0.717, 1.165) is 11.3 Å². The van der Waals surface area contributed by atoms with Gasteiger partial charge in [-0.1, -0.05) is 0 Å². The number of carbonyl (C=O) groups is 1. The zero-order valence-electron chi connectivity index (χ0n) is 9.43. The van der Waals surface area contributed by atoms with Gasteiger partial charge in [0.15, 0.2) is 0 Å². The van der Waals surface area contributed by atoms with E-state index in [2.05, 4.69) is 0 Å². The highest BCUT2D eigenvalue weighted by molar-refractivity contribution is 7.12. The summed E-state index contributed by atoms with van der Waals surface area (Å²) >= 11 is 1.34. The lowest BCUT2D eigenvalue weighted by Crippen LogP contribution is -2.01. The average Bonchev–Trinajstić information content (AvgIpc) is 2.95. The Balaban J connectivity index is 2.32. The molecule has 0 saturated heterocycles. The molecule has 2 N–H and O–H groups in total. The van der Waals surface area contributed by atoms with Crippen molar-refractivity contribution in [2.45, 2.75) is 6.42 Å². The largest absolute Gasteiger partial charge is 0.465 e. The van der Waals surface area contributed by atoms with Gasteiger partial charge in [-0.2, -0.15) is 0 Å². The van der Waals surface area contributed by atoms with Gasteiger partial charge in [-0.05, 0) is 30.1 Å². The topological polar surface area (TPSA) is 65.5 Å². The molecule has 90 valence electrons. The minimum Gasteiger partial charge on any atom is -0.465 e. The van der Waals surface area contributed by atoms with E-state index in [1.807, 2.05) is 23.6 Å². The van der Waals surface area contributed by atoms with Gasteiger partial charge in [0.1, 0.15) is 16.4 Å². The molecule has 0 aliphatic rings. The van der Waals surface area contributed by atoms with Crippen molar-refractivity contribution >= 4 is 17.3 Å². The van der Waals surface area contributed by atoms with Crippen molar-refractivity contribution in [2.75, 3.05) is 13.7 Å². The molecule has 0 amide bonds. The molecule has 5 heteroatoms. The third kappa shape index (κ3) is 2.40. The maximum absolute atomic E-state index is 11.5. The number of hydrogen-bond donors (Lipinski definition) is 1. The maximum Gasteiger partial charge on any atom is 0.348 e. The molecule has 2 rings (SSSR count). The average molecular weight is 251 g/mol. The summed E-state index contributed by atoms with van der Waals surface area (Å²) in [4.78, 5) is 12.1. The van der Waals surface area contributed by atoms with Crippen LogP contribution in [0.4, 0.5) is 0 Å². The molecule has 0 aliphatic carbocycles. The number of ether oxygens (including phenoxy) is 1. The molecule has 0 aromatic carbocycles. The molecule has 0 saturated carbocycles. The van der Waals surface area contributed by atoms with Gasteiger partial charge in [0, 0.05) is 12.0 Å². The van der Waals surface area contributed by atoms with Crippen molar-refractivity contribution < 1.29 is 13.9 Å². The van der Waals surface area contributed by atoms with Gasteiger partial charge < -0.3 is 14.9 Å². The van der Waals surface area contributed by atoms with Crippen LogP contribution in [0.15, 0.2) is 28.0 Å². The summed E-state index contributed by atoms with van der Waals surface area (Å²) in [5, 5.41) is 1.84. The van der Waals surface area contributed by atoms with Crippen molar-refractivity contribution in [3.63, 3.8) is 0 Å². The van der Waals surface area contributed by atoms with Gasteiger partial charge in [0.05, 0.1) is 7.11 Å². The Labute approximate surface area is 103 Å². The number of esters is 1. The second-order valence-electron chi connectivity index (χ2n) is 3.46. The first kappa shape index (κ1) is 11.9. The summed E-state index contributed by atoms with van der Waals surface area (Å²) < 4.78 is 10.3. The lowest BCUT2D eigenvalue weighted by atomic mass is 10.2. The first-order valence-corrected chi connectivity index (χ1v) is 6.09. The molecule has 0 radical (unpaired) electrons. The van der Waals surface area contributed by atoms with E-state index >= 15 is 0 Å². The van der Waals surface area contributed by atoms with Gasteiger partial charge in [-0.15, -0.1) is 11.3 Å². The highest BCUT2D eigenvalue weighted by atomic mass is 32.1. The highest BCUT2D eigenvalue weighted by Gasteiger charge is 2.17. The van der Waals surface area contributed by atoms with Gasteiger partial charge >= 0.3 is 5.97 Å². The Bertz CT molecular complexity index is 515. The van der Waals surface area contributed by atoms with Crippen LogP contribution in [0.2, 0.25) is 0 Å². The van der Waals surface area contributed by atoms with Crippen LogP contribution in [-0.4, -0.2) is 19.6 Å². The van der Waals surface area contributed by atoms with Crippen molar-refractivity contribution in [3.8, 4) is 11.3 Å². The van der Waals surface area contributed by atoms with Crippen LogP contribution in [0.25, 0.3) is 11.3 Å². The second-order valence-corrected chi connectivity index (χ2v) is 4.38. The maximum atomic E-state index is 11.5. The Morgan fingerprint density at radius 2 is 2.29 bits per heavy atom. The molecular formula is C12H13NO3S. The summed E-state index contributed by atoms with van der Waals surface area (Å²) in [5.74, 6) is 1.16. The summed E-state index contributed by atoms with van der Waals surface area (Å²) in [6.45, 7) is 0.542. The number of methoxy groups -OCH3 is 1. The predicted octanol–water partition coefficient (Wildman–Crippen LogP) is 2.30. The van der Waals surface area contributed by atoms with Gasteiger partial charge in [-0.3, -0.25) is 0 Å². The van der Waals surface area contributed by atoms with E-state index in [0.29, 0.717) is 23.6 Å². The highest BCUT2D eigenvalue weighted by Crippen LogP contribution is 2.30. The molecular weight excluding hydrogens is 238 g/mol. The normalized spacial score (nSPS) is 10.5. The summed E-state index contributed by atoms with van der Waals surface area (Å²) in [5.41, 5.74) is 6.22. The van der Waals surface area contributed by atoms with Gasteiger partial charge in [0.25, 0.3) is 0 Å². The third-order valence-corrected chi connectivity index (χ3v) is 3.25. The summed E-state index contributed by atoms with van der Waals surface area (Å²) in [6, 6.07) is 5.57. The summed E-state index contributed by atoms with van der Waals surface area (Å²) in [7, 11) is 1.37. The molecule has 0 spiro atoms. The Hall–Kier alpha value is -1.59. The van der Waals surface area contributed by atoms with E-state index in [1.54, 1.807) is 0 Å². The molecule has 2 heterocycles. The zero-order chi connectivity index (χ0) is 12.3. The molecule has 4 nitrogen and oxygen atoms in total. The van der Waals surface area contributed by atoms with Crippen molar-refractivity contribution in [1.29, 1.82) is 0 Å². The molecule has 0 bridgehead atoms.